The molecule has 9 heteroatoms. The van der Waals surface area contributed by atoms with Crippen molar-refractivity contribution < 1.29 is 8.42 Å². The minimum Gasteiger partial charge on any atom is -0.240 e. The zero-order valence-corrected chi connectivity index (χ0v) is 15.0. The summed E-state index contributed by atoms with van der Waals surface area (Å²) in [5.74, 6) is 0.574. The summed E-state index contributed by atoms with van der Waals surface area (Å²) in [5.41, 5.74) is 1.49. The number of hydrogen-bond donors (Lipinski definition) is 1. The van der Waals surface area contributed by atoms with Gasteiger partial charge in [-0.05, 0) is 24.3 Å². The van der Waals surface area contributed by atoms with Gasteiger partial charge in [-0.2, -0.15) is 10.2 Å². The van der Waals surface area contributed by atoms with Crippen LogP contribution in [0.4, 0.5) is 0 Å². The van der Waals surface area contributed by atoms with Crippen LogP contribution in [0, 0.1) is 0 Å². The van der Waals surface area contributed by atoms with Crippen molar-refractivity contribution in [2.75, 3.05) is 0 Å². The normalized spacial score (nSPS) is 11.6. The first-order valence-electron chi connectivity index (χ1n) is 8.17. The third-order valence-electron chi connectivity index (χ3n) is 3.93. The molecule has 0 spiro atoms. The lowest BCUT2D eigenvalue weighted by molar-refractivity contribution is 0.581. The molecule has 0 fully saturated rings. The molecule has 3 heterocycles. The van der Waals surface area contributed by atoms with Crippen LogP contribution in [-0.2, 0) is 16.6 Å². The highest BCUT2D eigenvalue weighted by atomic mass is 32.2. The lowest BCUT2D eigenvalue weighted by Crippen LogP contribution is -2.24. The summed E-state index contributed by atoms with van der Waals surface area (Å²) in [4.78, 5) is 4.38. The van der Waals surface area contributed by atoms with E-state index in [-0.39, 0.29) is 11.4 Å². The Hall–Kier alpha value is -3.30. The molecule has 4 rings (SSSR count). The lowest BCUT2D eigenvalue weighted by Gasteiger charge is -2.09. The van der Waals surface area contributed by atoms with Crippen LogP contribution in [-0.4, -0.2) is 33.0 Å². The van der Waals surface area contributed by atoms with E-state index in [1.807, 2.05) is 30.3 Å². The standard InChI is InChI=1S/C18H16N6O2S/c25-27(26,17-13-21-24(14-17)16-7-2-1-3-8-16)22-12-15-6-4-9-19-18(15)23-11-5-10-20-23/h1-11,13-14,22H,12H2. The summed E-state index contributed by atoms with van der Waals surface area (Å²) in [6.07, 6.45) is 7.84. The minimum atomic E-state index is -3.72. The van der Waals surface area contributed by atoms with E-state index in [2.05, 4.69) is 19.9 Å². The fraction of sp³-hybridized carbons (Fsp3) is 0.0556. The molecule has 0 aliphatic carbocycles. The molecule has 27 heavy (non-hydrogen) atoms. The van der Waals surface area contributed by atoms with Gasteiger partial charge in [-0.15, -0.1) is 0 Å². The van der Waals surface area contributed by atoms with Crippen molar-refractivity contribution in [2.45, 2.75) is 11.4 Å². The molecule has 8 nitrogen and oxygen atoms in total. The third kappa shape index (κ3) is 3.64. The van der Waals surface area contributed by atoms with Crippen molar-refractivity contribution >= 4 is 10.0 Å². The first-order chi connectivity index (χ1) is 13.1. The van der Waals surface area contributed by atoms with Crippen LogP contribution in [0.2, 0.25) is 0 Å². The highest BCUT2D eigenvalue weighted by Gasteiger charge is 2.18. The van der Waals surface area contributed by atoms with Gasteiger partial charge in [-0.3, -0.25) is 0 Å². The summed E-state index contributed by atoms with van der Waals surface area (Å²) in [6.45, 7) is 0.0852. The van der Waals surface area contributed by atoms with Crippen LogP contribution in [0.1, 0.15) is 5.56 Å². The number of rotatable bonds is 6. The van der Waals surface area contributed by atoms with Crippen molar-refractivity contribution in [3.63, 3.8) is 0 Å². The predicted molar refractivity (Wildman–Crippen MR) is 98.9 cm³/mol. The van der Waals surface area contributed by atoms with E-state index >= 15 is 0 Å². The Morgan fingerprint density at radius 1 is 0.926 bits per heavy atom. The van der Waals surface area contributed by atoms with Gasteiger partial charge in [0, 0.05) is 30.7 Å². The van der Waals surface area contributed by atoms with Crippen LogP contribution in [0.15, 0.2) is 84.4 Å². The number of aromatic nitrogens is 5. The van der Waals surface area contributed by atoms with E-state index in [1.165, 1.54) is 17.1 Å². The van der Waals surface area contributed by atoms with Gasteiger partial charge in [0.15, 0.2) is 5.82 Å². The maximum absolute atomic E-state index is 12.6. The van der Waals surface area contributed by atoms with Gasteiger partial charge in [0.05, 0.1) is 18.1 Å². The molecule has 0 amide bonds. The number of pyridine rings is 1. The molecule has 0 atom stereocenters. The molecule has 1 aromatic carbocycles. The summed E-state index contributed by atoms with van der Waals surface area (Å²) in [7, 11) is -3.72. The second kappa shape index (κ2) is 7.14. The Morgan fingerprint density at radius 2 is 1.78 bits per heavy atom. The number of nitrogens with one attached hydrogen (secondary N) is 1. The smallest absolute Gasteiger partial charge is 0.240 e. The summed E-state index contributed by atoms with van der Waals surface area (Å²) in [6, 6.07) is 14.7. The molecule has 0 saturated carbocycles. The van der Waals surface area contributed by atoms with Gasteiger partial charge in [0.2, 0.25) is 10.0 Å². The van der Waals surface area contributed by atoms with Gasteiger partial charge in [-0.1, -0.05) is 24.3 Å². The topological polar surface area (TPSA) is 94.7 Å². The molecule has 0 radical (unpaired) electrons. The van der Waals surface area contributed by atoms with Gasteiger partial charge < -0.3 is 0 Å². The number of benzene rings is 1. The maximum Gasteiger partial charge on any atom is 0.244 e. The van der Waals surface area contributed by atoms with Gasteiger partial charge >= 0.3 is 0 Å². The van der Waals surface area contributed by atoms with E-state index in [0.29, 0.717) is 11.4 Å². The SMILES string of the molecule is O=S(=O)(NCc1cccnc1-n1cccn1)c1cnn(-c2ccccc2)c1. The number of para-hydroxylation sites is 1. The largest absolute Gasteiger partial charge is 0.244 e. The van der Waals surface area contributed by atoms with E-state index in [1.54, 1.807) is 41.5 Å². The van der Waals surface area contributed by atoms with Crippen molar-refractivity contribution in [1.29, 1.82) is 0 Å². The minimum absolute atomic E-state index is 0.0852. The van der Waals surface area contributed by atoms with Crippen molar-refractivity contribution in [1.82, 2.24) is 29.3 Å². The van der Waals surface area contributed by atoms with Crippen LogP contribution in [0.25, 0.3) is 11.5 Å². The van der Waals surface area contributed by atoms with Gasteiger partial charge in [-0.25, -0.2) is 27.5 Å². The second-order valence-electron chi connectivity index (χ2n) is 5.72. The van der Waals surface area contributed by atoms with Crippen LogP contribution in [0.3, 0.4) is 0 Å². The van der Waals surface area contributed by atoms with E-state index in [0.717, 1.165) is 5.69 Å². The molecule has 3 aromatic heterocycles. The summed E-state index contributed by atoms with van der Waals surface area (Å²) < 4.78 is 31.0. The molecule has 0 aliphatic rings. The summed E-state index contributed by atoms with van der Waals surface area (Å²) in [5, 5.41) is 8.29. The average Bonchev–Trinajstić information content (AvgIpc) is 3.40. The van der Waals surface area contributed by atoms with Crippen molar-refractivity contribution in [3.8, 4) is 11.5 Å². The first kappa shape index (κ1) is 17.1. The Labute approximate surface area is 156 Å². The number of sulfonamides is 1. The quantitative estimate of drug-likeness (QED) is 0.552. The van der Waals surface area contributed by atoms with Gasteiger partial charge in [0.1, 0.15) is 4.90 Å². The Kier molecular flexibility index (Phi) is 4.53. The summed E-state index contributed by atoms with van der Waals surface area (Å²) >= 11 is 0. The van der Waals surface area contributed by atoms with Crippen LogP contribution in [0.5, 0.6) is 0 Å². The highest BCUT2D eigenvalue weighted by Crippen LogP contribution is 2.14. The Balaban J connectivity index is 1.55. The van der Waals surface area contributed by atoms with E-state index < -0.39 is 10.0 Å². The number of nitrogens with zero attached hydrogens (tertiary/aromatic N) is 5. The van der Waals surface area contributed by atoms with E-state index in [9.17, 15) is 8.42 Å². The molecule has 4 aromatic rings. The fourth-order valence-electron chi connectivity index (χ4n) is 2.59. The number of hydrogen-bond acceptors (Lipinski definition) is 5. The second-order valence-corrected chi connectivity index (χ2v) is 7.48. The average molecular weight is 380 g/mol. The predicted octanol–water partition coefficient (Wildman–Crippen LogP) is 1.93. The fourth-order valence-corrected chi connectivity index (χ4v) is 3.53. The first-order valence-corrected chi connectivity index (χ1v) is 9.65. The van der Waals surface area contributed by atoms with E-state index in [4.69, 9.17) is 0 Å². The highest BCUT2D eigenvalue weighted by molar-refractivity contribution is 7.89. The van der Waals surface area contributed by atoms with Crippen molar-refractivity contribution in [3.05, 3.63) is 85.1 Å². The third-order valence-corrected chi connectivity index (χ3v) is 5.29. The molecular weight excluding hydrogens is 364 g/mol. The zero-order valence-electron chi connectivity index (χ0n) is 14.2. The molecule has 0 unspecified atom stereocenters. The molecule has 0 bridgehead atoms. The Bertz CT molecular complexity index is 1140. The Morgan fingerprint density at radius 3 is 2.56 bits per heavy atom. The molecule has 136 valence electrons. The van der Waals surface area contributed by atoms with Crippen molar-refractivity contribution in [2.24, 2.45) is 0 Å². The van der Waals surface area contributed by atoms with Crippen LogP contribution >= 0.6 is 0 Å². The zero-order chi connectivity index (χ0) is 18.7. The van der Waals surface area contributed by atoms with Crippen LogP contribution < -0.4 is 4.72 Å². The maximum atomic E-state index is 12.6. The molecular formula is C18H16N6O2S. The monoisotopic (exact) mass is 380 g/mol. The molecule has 0 aliphatic heterocycles. The molecule has 0 saturated heterocycles. The lowest BCUT2D eigenvalue weighted by atomic mass is 10.2. The molecule has 1 N–H and O–H groups in total. The van der Waals surface area contributed by atoms with Gasteiger partial charge in [0.25, 0.3) is 0 Å².